The molecule has 0 aromatic heterocycles. The van der Waals surface area contributed by atoms with Crippen LogP contribution < -0.4 is 33.6 Å². The second-order valence-corrected chi connectivity index (χ2v) is 20.3. The Labute approximate surface area is 456 Å². The average molecular weight is 1130 g/mol. The molecule has 4 fully saturated rings. The van der Waals surface area contributed by atoms with Crippen LogP contribution >= 0.6 is 24.4 Å². The number of allylic oxidation sites excluding steroid dienone is 4. The monoisotopic (exact) mass is 1130 g/mol. The largest absolute Gasteiger partial charge is 0.467 e. The summed E-state index contributed by atoms with van der Waals surface area (Å²) in [4.78, 5) is 152. The Kier molecular flexibility index (Phi) is 17.8. The number of hydrogen-bond acceptors (Lipinski definition) is 24. The van der Waals surface area contributed by atoms with Crippen molar-refractivity contribution in [2.24, 2.45) is 34.8 Å². The van der Waals surface area contributed by atoms with Gasteiger partial charge in [0.2, 0.25) is 46.8 Å². The first-order valence-electron chi connectivity index (χ1n) is 24.0. The van der Waals surface area contributed by atoms with Crippen molar-refractivity contribution in [2.75, 3.05) is 72.0 Å². The minimum absolute atomic E-state index is 0.0892. The van der Waals surface area contributed by atoms with Gasteiger partial charge in [-0.05, 0) is 19.9 Å². The molecule has 10 N–H and O–H groups in total. The Morgan fingerprint density at radius 3 is 1.50 bits per heavy atom. The van der Waals surface area contributed by atoms with Crippen LogP contribution in [-0.2, 0) is 76.4 Å². The summed E-state index contributed by atoms with van der Waals surface area (Å²) in [5.74, 6) is -4.92. The SMILES string of the molecule is C=CC(=O)N1C2CN3C4=C(C(=O)C(N)=C(C)C4=O)[C@@H](COC(N)=O)[C@@]3(OC)C21.COC(=O)C(CS)NC(C)=O.COC(=O)C(CSCCC(=O)N1C2CN3C4=C(C(=O)C(N)=C(C)C4=O)[C@@H](COC(N)=O)[C@@]3(OC)C21)NC(C)=O. The van der Waals surface area contributed by atoms with Gasteiger partial charge >= 0.3 is 24.1 Å². The highest BCUT2D eigenvalue weighted by Gasteiger charge is 2.79. The summed E-state index contributed by atoms with van der Waals surface area (Å²) in [6, 6.07) is -2.92. The Morgan fingerprint density at radius 2 is 1.12 bits per heavy atom. The molecule has 30 heteroatoms. The molecule has 0 aromatic carbocycles. The lowest BCUT2D eigenvalue weighted by Gasteiger charge is -2.41. The van der Waals surface area contributed by atoms with E-state index in [0.717, 1.165) is 0 Å². The van der Waals surface area contributed by atoms with Gasteiger partial charge in [0.15, 0.2) is 11.4 Å². The number of carbonyl (C=O) groups excluding carboxylic acids is 12. The zero-order valence-corrected chi connectivity index (χ0v) is 45.6. The fourth-order valence-corrected chi connectivity index (χ4v) is 12.5. The molecule has 2 aliphatic carbocycles. The second-order valence-electron chi connectivity index (χ2n) is 18.8. The number of primary amides is 2. The van der Waals surface area contributed by atoms with Crippen molar-refractivity contribution < 1.29 is 86.0 Å². The van der Waals surface area contributed by atoms with Crippen LogP contribution in [0.15, 0.2) is 57.7 Å². The number of nitrogens with one attached hydrogen (secondary N) is 2. The molecule has 78 heavy (non-hydrogen) atoms. The fraction of sp³-hybridized carbons (Fsp3) is 0.542. The van der Waals surface area contributed by atoms with Crippen molar-refractivity contribution in [3.8, 4) is 0 Å². The molecule has 10 atom stereocenters. The summed E-state index contributed by atoms with van der Waals surface area (Å²) < 4.78 is 31.0. The summed E-state index contributed by atoms with van der Waals surface area (Å²) in [6.45, 7) is 9.00. The number of nitrogens with zero attached hydrogens (tertiary/aromatic N) is 4. The van der Waals surface area contributed by atoms with Crippen LogP contribution in [0.2, 0.25) is 0 Å². The highest BCUT2D eigenvalue weighted by Crippen LogP contribution is 2.61. The molecule has 0 saturated carbocycles. The molecule has 6 aliphatic heterocycles. The van der Waals surface area contributed by atoms with E-state index in [1.54, 1.807) is 19.6 Å². The highest BCUT2D eigenvalue weighted by molar-refractivity contribution is 7.99. The Morgan fingerprint density at radius 1 is 0.705 bits per heavy atom. The van der Waals surface area contributed by atoms with E-state index in [4.69, 9.17) is 46.6 Å². The van der Waals surface area contributed by atoms with Gasteiger partial charge in [0, 0.05) is 87.1 Å². The van der Waals surface area contributed by atoms with Gasteiger partial charge in [0.05, 0.1) is 60.9 Å². The zero-order chi connectivity index (χ0) is 58.2. The van der Waals surface area contributed by atoms with Gasteiger partial charge in [-0.1, -0.05) is 6.58 Å². The number of piperazine rings is 2. The number of fused-ring (bicyclic) bond motifs is 8. The zero-order valence-electron chi connectivity index (χ0n) is 43.9. The van der Waals surface area contributed by atoms with Crippen LogP contribution in [-0.4, -0.2) is 210 Å². The number of hydrogen-bond donors (Lipinski definition) is 7. The average Bonchev–Trinajstić information content (AvgIpc) is 3.42. The third-order valence-corrected chi connectivity index (χ3v) is 16.2. The number of carbonyl (C=O) groups is 12. The van der Waals surface area contributed by atoms with Gasteiger partial charge in [0.25, 0.3) is 0 Å². The number of esters is 2. The number of nitrogens with two attached hydrogens (primary N) is 4. The molecule has 0 radical (unpaired) electrons. The van der Waals surface area contributed by atoms with Crippen molar-refractivity contribution in [3.05, 3.63) is 57.7 Å². The van der Waals surface area contributed by atoms with E-state index in [-0.39, 0.29) is 124 Å². The highest BCUT2D eigenvalue weighted by atomic mass is 32.2. The van der Waals surface area contributed by atoms with Gasteiger partial charge in [-0.15, -0.1) is 0 Å². The maximum Gasteiger partial charge on any atom is 0.404 e. The molecule has 424 valence electrons. The van der Waals surface area contributed by atoms with Gasteiger partial charge in [-0.3, -0.25) is 38.4 Å². The quantitative estimate of drug-likeness (QED) is 0.0143. The molecule has 28 nitrogen and oxygen atoms in total. The summed E-state index contributed by atoms with van der Waals surface area (Å²) >= 11 is 5.18. The number of Topliss-reactive ketones (excluding diaryl/α,β-unsaturated/α-hetero) is 4. The van der Waals surface area contributed by atoms with Crippen molar-refractivity contribution in [1.82, 2.24) is 30.2 Å². The molecular weight excluding hydrogens is 1070 g/mol. The van der Waals surface area contributed by atoms with E-state index in [1.807, 2.05) is 0 Å². The number of ether oxygens (including phenoxy) is 6. The lowest BCUT2D eigenvalue weighted by molar-refractivity contribution is -0.153. The summed E-state index contributed by atoms with van der Waals surface area (Å²) in [6.07, 6.45) is -0.753. The van der Waals surface area contributed by atoms with Crippen LogP contribution in [0, 0.1) is 11.8 Å². The predicted octanol–water partition coefficient (Wildman–Crippen LogP) is -3.24. The molecule has 6 heterocycles. The molecule has 6 amide bonds. The van der Waals surface area contributed by atoms with Crippen LogP contribution in [0.3, 0.4) is 0 Å². The van der Waals surface area contributed by atoms with E-state index < -0.39 is 88.9 Å². The minimum atomic E-state index is -1.33. The lowest BCUT2D eigenvalue weighted by atomic mass is 9.82. The number of ketones is 4. The predicted molar refractivity (Wildman–Crippen MR) is 273 cm³/mol. The second kappa shape index (κ2) is 23.3. The van der Waals surface area contributed by atoms with E-state index >= 15 is 0 Å². The first-order valence-corrected chi connectivity index (χ1v) is 25.8. The van der Waals surface area contributed by atoms with Gasteiger partial charge in [0.1, 0.15) is 37.4 Å². The standard InChI is InChI=1S/C24H31N5O9S.C18H20N4O6.C6H11NO3S/c1-10-17(25)20(33)16-12(8-38-23(26)35)24(37-4)21-14(7-28(24)18(16)19(10)32)29(21)15(31)5-6-39-9-13(22(34)36-3)27-11(2)30;1-4-10(23)22-9-5-21-13-11(15(25)12(19)7(2)14(13)24)8(6-28-17(20)26)18(21,27-3)16(9)22;1-4(8)7-5(3-11)6(9)10-2/h12-14,21H,5-9,25H2,1-4H3,(H2,26,35)(H,27,30);4,8-9,16H,1,5-6,19H2,2-3H3,(H2,20,26);5,11H,3H2,1-2H3,(H,7,8)/t12-,13?,14?,21?,24-,29?;8-,9?,16?,18-,22?;/m11./s1. The molecule has 8 rings (SSSR count). The van der Waals surface area contributed by atoms with E-state index in [1.165, 1.54) is 74.0 Å². The topological polar surface area (TPSA) is 401 Å². The Bertz CT molecular complexity index is 2800. The smallest absolute Gasteiger partial charge is 0.404 e. The van der Waals surface area contributed by atoms with E-state index in [9.17, 15) is 57.5 Å². The van der Waals surface area contributed by atoms with E-state index in [0.29, 0.717) is 12.3 Å². The maximum absolute atomic E-state index is 13.2. The Balaban J connectivity index is 0.000000219. The van der Waals surface area contributed by atoms with Crippen molar-refractivity contribution in [1.29, 1.82) is 0 Å². The Hall–Kier alpha value is -7.44. The molecule has 8 aliphatic rings. The molecule has 6 unspecified atom stereocenters. The third-order valence-electron chi connectivity index (χ3n) is 14.7. The third kappa shape index (κ3) is 10.2. The van der Waals surface area contributed by atoms with Crippen LogP contribution in [0.5, 0.6) is 0 Å². The number of amides is 6. The molecule has 0 spiro atoms. The van der Waals surface area contributed by atoms with Gasteiger partial charge in [-0.2, -0.15) is 24.4 Å². The van der Waals surface area contributed by atoms with Crippen LogP contribution in [0.4, 0.5) is 9.59 Å². The number of thioether (sulfide) groups is 1. The molecule has 0 bridgehead atoms. The van der Waals surface area contributed by atoms with Crippen LogP contribution in [0.1, 0.15) is 34.1 Å². The van der Waals surface area contributed by atoms with E-state index in [2.05, 4.69) is 34.6 Å². The normalized spacial score (nSPS) is 27.3. The minimum Gasteiger partial charge on any atom is -0.467 e. The van der Waals surface area contributed by atoms with Gasteiger partial charge in [-0.25, -0.2) is 19.2 Å². The molecular formula is C48H62N10O18S2. The first-order chi connectivity index (χ1) is 36.7. The number of thiol groups is 1. The fourth-order valence-electron chi connectivity index (χ4n) is 11.3. The summed E-state index contributed by atoms with van der Waals surface area (Å²) in [7, 11) is 5.33. The number of methoxy groups -OCH3 is 4. The van der Waals surface area contributed by atoms with Crippen molar-refractivity contribution >= 4 is 95.3 Å². The summed E-state index contributed by atoms with van der Waals surface area (Å²) in [5, 5.41) is 4.91. The molecule has 4 saturated heterocycles. The van der Waals surface area contributed by atoms with Crippen molar-refractivity contribution in [3.63, 3.8) is 0 Å². The molecule has 0 aromatic rings. The van der Waals surface area contributed by atoms with Crippen molar-refractivity contribution in [2.45, 2.75) is 81.8 Å². The summed E-state index contributed by atoms with van der Waals surface area (Å²) in [5.41, 5.74) is 20.1. The maximum atomic E-state index is 13.2. The number of rotatable bonds is 17. The lowest BCUT2D eigenvalue weighted by Crippen LogP contribution is -2.56. The first kappa shape index (κ1) is 59.8. The van der Waals surface area contributed by atoms with Crippen LogP contribution in [0.25, 0.3) is 0 Å². The van der Waals surface area contributed by atoms with Gasteiger partial charge < -0.3 is 81.6 Å².